The van der Waals surface area contributed by atoms with E-state index < -0.39 is 0 Å². The van der Waals surface area contributed by atoms with Gasteiger partial charge < -0.3 is 5.32 Å². The molecular weight excluding hydrogens is 346 g/mol. The van der Waals surface area contributed by atoms with Gasteiger partial charge in [-0.25, -0.2) is 4.98 Å². The molecule has 0 saturated heterocycles. The van der Waals surface area contributed by atoms with E-state index in [9.17, 15) is 4.79 Å². The van der Waals surface area contributed by atoms with Gasteiger partial charge in [-0.3, -0.25) is 14.0 Å². The Morgan fingerprint density at radius 3 is 3.04 bits per heavy atom. The second kappa shape index (κ2) is 7.45. The van der Waals surface area contributed by atoms with Crippen molar-refractivity contribution < 1.29 is 0 Å². The van der Waals surface area contributed by atoms with Crippen molar-refractivity contribution in [3.8, 4) is 0 Å². The fourth-order valence-corrected chi connectivity index (χ4v) is 4.80. The van der Waals surface area contributed by atoms with E-state index in [0.717, 1.165) is 49.0 Å². The average Bonchev–Trinajstić information content (AvgIpc) is 3.28. The molecule has 1 aliphatic rings. The summed E-state index contributed by atoms with van der Waals surface area (Å²) in [4.78, 5) is 20.1. The molecule has 0 atom stereocenters. The number of nitrogens with one attached hydrogen (secondary N) is 1. The number of thiophene rings is 1. The summed E-state index contributed by atoms with van der Waals surface area (Å²) in [6.07, 6.45) is 10.8. The molecule has 0 saturated carbocycles. The average molecular weight is 369 g/mol. The van der Waals surface area contributed by atoms with Crippen LogP contribution >= 0.6 is 11.3 Å². The highest BCUT2D eigenvalue weighted by Gasteiger charge is 2.21. The topological polar surface area (TPSA) is 64.7 Å². The molecule has 4 rings (SSSR count). The molecular formula is C19H23N5OS. The summed E-state index contributed by atoms with van der Waals surface area (Å²) in [6.45, 7) is 5.84. The molecule has 0 fully saturated rings. The van der Waals surface area contributed by atoms with Gasteiger partial charge in [0.15, 0.2) is 0 Å². The molecule has 0 aromatic carbocycles. The molecule has 3 aromatic rings. The van der Waals surface area contributed by atoms with Crippen LogP contribution in [0.3, 0.4) is 0 Å². The van der Waals surface area contributed by atoms with Gasteiger partial charge in [0.2, 0.25) is 5.95 Å². The highest BCUT2D eigenvalue weighted by atomic mass is 32.1. The van der Waals surface area contributed by atoms with Gasteiger partial charge >= 0.3 is 0 Å². The minimum atomic E-state index is 0.0591. The highest BCUT2D eigenvalue weighted by Crippen LogP contribution is 2.34. The summed E-state index contributed by atoms with van der Waals surface area (Å²) in [7, 11) is 0. The van der Waals surface area contributed by atoms with E-state index >= 15 is 0 Å². The molecule has 0 radical (unpaired) electrons. The van der Waals surface area contributed by atoms with Crippen LogP contribution in [0, 0.1) is 0 Å². The van der Waals surface area contributed by atoms with Crippen molar-refractivity contribution in [1.82, 2.24) is 19.3 Å². The monoisotopic (exact) mass is 369 g/mol. The van der Waals surface area contributed by atoms with Crippen LogP contribution in [0.1, 0.15) is 29.7 Å². The molecule has 1 aliphatic carbocycles. The summed E-state index contributed by atoms with van der Waals surface area (Å²) in [5.74, 6) is 0.640. The molecule has 0 aliphatic heterocycles. The number of hydrogen-bond donors (Lipinski definition) is 1. The molecule has 6 nitrogen and oxygen atoms in total. The minimum absolute atomic E-state index is 0.0591. The molecule has 1 N–H and O–H groups in total. The third-order valence-electron chi connectivity index (χ3n) is 4.79. The van der Waals surface area contributed by atoms with Crippen LogP contribution in [0.4, 0.5) is 5.95 Å². The molecule has 136 valence electrons. The van der Waals surface area contributed by atoms with E-state index in [1.807, 2.05) is 16.9 Å². The number of aromatic nitrogens is 4. The zero-order valence-electron chi connectivity index (χ0n) is 14.8. The van der Waals surface area contributed by atoms with E-state index in [4.69, 9.17) is 4.98 Å². The fraction of sp³-hybridized carbons (Fsp3) is 0.421. The van der Waals surface area contributed by atoms with Gasteiger partial charge in [0, 0.05) is 36.9 Å². The Morgan fingerprint density at radius 2 is 2.23 bits per heavy atom. The Bertz CT molecular complexity index is 970. The van der Waals surface area contributed by atoms with Crippen LogP contribution in [-0.4, -0.2) is 25.9 Å². The van der Waals surface area contributed by atoms with E-state index in [2.05, 4.69) is 17.0 Å². The highest BCUT2D eigenvalue weighted by molar-refractivity contribution is 7.18. The van der Waals surface area contributed by atoms with Crippen LogP contribution in [0.15, 0.2) is 35.9 Å². The quantitative estimate of drug-likeness (QED) is 0.513. The Kier molecular flexibility index (Phi) is 4.88. The number of aryl methyl sites for hydroxylation is 3. The summed E-state index contributed by atoms with van der Waals surface area (Å²) < 4.78 is 3.62. The second-order valence-electron chi connectivity index (χ2n) is 6.58. The molecule has 26 heavy (non-hydrogen) atoms. The predicted octanol–water partition coefficient (Wildman–Crippen LogP) is 3.22. The third-order valence-corrected chi connectivity index (χ3v) is 5.98. The maximum Gasteiger partial charge on any atom is 0.264 e. The zero-order valence-corrected chi connectivity index (χ0v) is 15.6. The summed E-state index contributed by atoms with van der Waals surface area (Å²) >= 11 is 1.69. The lowest BCUT2D eigenvalue weighted by atomic mass is 9.97. The van der Waals surface area contributed by atoms with Crippen molar-refractivity contribution in [2.24, 2.45) is 0 Å². The lowest BCUT2D eigenvalue weighted by Gasteiger charge is -2.13. The first-order valence-corrected chi connectivity index (χ1v) is 9.97. The standard InChI is InChI=1S/C19H23N5OS/c1-2-11-24-18(25)16-14-7-3-4-8-15(14)26-17(16)22-19(24)20-9-5-12-23-13-6-10-21-23/h2,6,10,13H,1,3-5,7-9,11-12H2,(H,20,22). The largest absolute Gasteiger partial charge is 0.355 e. The van der Waals surface area contributed by atoms with Crippen LogP contribution < -0.4 is 10.9 Å². The number of fused-ring (bicyclic) bond motifs is 3. The smallest absolute Gasteiger partial charge is 0.264 e. The van der Waals surface area contributed by atoms with Crippen molar-refractivity contribution in [1.29, 1.82) is 0 Å². The third kappa shape index (κ3) is 3.19. The van der Waals surface area contributed by atoms with E-state index in [0.29, 0.717) is 12.5 Å². The van der Waals surface area contributed by atoms with Crippen LogP contribution in [0.25, 0.3) is 10.2 Å². The van der Waals surface area contributed by atoms with Crippen LogP contribution in [0.5, 0.6) is 0 Å². The molecule has 7 heteroatoms. The molecule has 0 spiro atoms. The van der Waals surface area contributed by atoms with Gasteiger partial charge in [0.05, 0.1) is 5.39 Å². The maximum atomic E-state index is 13.1. The van der Waals surface area contributed by atoms with Gasteiger partial charge in [0.25, 0.3) is 5.56 Å². The van der Waals surface area contributed by atoms with Gasteiger partial charge in [-0.05, 0) is 43.7 Å². The van der Waals surface area contributed by atoms with E-state index in [1.54, 1.807) is 28.2 Å². The van der Waals surface area contributed by atoms with Crippen molar-refractivity contribution in [3.63, 3.8) is 0 Å². The van der Waals surface area contributed by atoms with Crippen molar-refractivity contribution >= 4 is 27.5 Å². The summed E-state index contributed by atoms with van der Waals surface area (Å²) in [6, 6.07) is 1.92. The molecule has 0 bridgehead atoms. The molecule has 3 heterocycles. The first-order chi connectivity index (χ1) is 12.8. The lowest BCUT2D eigenvalue weighted by molar-refractivity contribution is 0.589. The van der Waals surface area contributed by atoms with Crippen molar-refractivity contribution in [3.05, 3.63) is 51.9 Å². The Balaban J connectivity index is 1.61. The normalized spacial score (nSPS) is 13.7. The Labute approximate surface area is 156 Å². The van der Waals surface area contributed by atoms with Gasteiger partial charge in [0.1, 0.15) is 4.83 Å². The van der Waals surface area contributed by atoms with Crippen LogP contribution in [0.2, 0.25) is 0 Å². The maximum absolute atomic E-state index is 13.1. The van der Waals surface area contributed by atoms with E-state index in [-0.39, 0.29) is 5.56 Å². The Hall–Kier alpha value is -2.41. The fourth-order valence-electron chi connectivity index (χ4n) is 3.55. The second-order valence-corrected chi connectivity index (χ2v) is 7.66. The van der Waals surface area contributed by atoms with Gasteiger partial charge in [-0.1, -0.05) is 6.08 Å². The lowest BCUT2D eigenvalue weighted by Crippen LogP contribution is -2.25. The van der Waals surface area contributed by atoms with Crippen molar-refractivity contribution in [2.45, 2.75) is 45.2 Å². The predicted molar refractivity (Wildman–Crippen MR) is 106 cm³/mol. The summed E-state index contributed by atoms with van der Waals surface area (Å²) in [5.41, 5.74) is 1.29. The molecule has 0 unspecified atom stereocenters. The number of nitrogens with zero attached hydrogens (tertiary/aromatic N) is 4. The molecule has 0 amide bonds. The van der Waals surface area contributed by atoms with Gasteiger partial charge in [-0.15, -0.1) is 17.9 Å². The van der Waals surface area contributed by atoms with Gasteiger partial charge in [-0.2, -0.15) is 5.10 Å². The summed E-state index contributed by atoms with van der Waals surface area (Å²) in [5, 5.41) is 8.38. The zero-order chi connectivity index (χ0) is 17.9. The number of allylic oxidation sites excluding steroid dienone is 1. The molecule has 3 aromatic heterocycles. The SMILES string of the molecule is C=CCn1c(NCCCn2cccn2)nc2sc3c(c2c1=O)CCCC3. The number of hydrogen-bond acceptors (Lipinski definition) is 5. The number of rotatable bonds is 7. The first kappa shape index (κ1) is 17.0. The number of anilines is 1. The van der Waals surface area contributed by atoms with Crippen molar-refractivity contribution in [2.75, 3.05) is 11.9 Å². The van der Waals surface area contributed by atoms with Crippen LogP contribution in [-0.2, 0) is 25.9 Å². The first-order valence-electron chi connectivity index (χ1n) is 9.15. The van der Waals surface area contributed by atoms with E-state index in [1.165, 1.54) is 16.9 Å². The minimum Gasteiger partial charge on any atom is -0.355 e. The Morgan fingerprint density at radius 1 is 1.35 bits per heavy atom.